The lowest BCUT2D eigenvalue weighted by atomic mass is 9.92. The number of aryl methyl sites for hydroxylation is 2. The van der Waals surface area contributed by atoms with E-state index in [0.717, 1.165) is 36.5 Å². The molecule has 1 N–H and O–H groups in total. The Labute approximate surface area is 142 Å². The standard InChI is InChI=1S/C18H24N4O2/c1-13-5-3-6-14(21-13)8-9-20-18(23)15-7-4-12-24-16(15)17-19-10-11-22(17)2/h3,5-6,10-11,15-16H,4,7-9,12H2,1-2H3,(H,20,23)/t15-,16-/m1/s1. The van der Waals surface area contributed by atoms with Crippen LogP contribution in [0.1, 0.15) is 36.2 Å². The molecule has 1 saturated heterocycles. The van der Waals surface area contributed by atoms with Crippen LogP contribution >= 0.6 is 0 Å². The Bertz CT molecular complexity index is 698. The number of pyridine rings is 1. The molecule has 2 aromatic heterocycles. The molecule has 3 heterocycles. The van der Waals surface area contributed by atoms with Crippen LogP contribution in [-0.2, 0) is 23.0 Å². The van der Waals surface area contributed by atoms with Crippen molar-refractivity contribution in [2.24, 2.45) is 13.0 Å². The highest BCUT2D eigenvalue weighted by atomic mass is 16.5. The summed E-state index contributed by atoms with van der Waals surface area (Å²) >= 11 is 0. The van der Waals surface area contributed by atoms with E-state index in [1.165, 1.54) is 0 Å². The van der Waals surface area contributed by atoms with Crippen LogP contribution < -0.4 is 5.32 Å². The van der Waals surface area contributed by atoms with Gasteiger partial charge in [-0.05, 0) is 31.9 Å². The van der Waals surface area contributed by atoms with Gasteiger partial charge in [-0.1, -0.05) is 6.07 Å². The van der Waals surface area contributed by atoms with Gasteiger partial charge < -0.3 is 14.6 Å². The highest BCUT2D eigenvalue weighted by molar-refractivity contribution is 5.79. The second kappa shape index (κ2) is 7.57. The second-order valence-electron chi connectivity index (χ2n) is 6.25. The fourth-order valence-electron chi connectivity index (χ4n) is 3.14. The molecule has 0 aliphatic carbocycles. The summed E-state index contributed by atoms with van der Waals surface area (Å²) in [5.74, 6) is 0.663. The molecule has 3 rings (SSSR count). The molecule has 2 atom stereocenters. The van der Waals surface area contributed by atoms with Crippen molar-refractivity contribution >= 4 is 5.91 Å². The predicted molar refractivity (Wildman–Crippen MR) is 90.3 cm³/mol. The lowest BCUT2D eigenvalue weighted by Gasteiger charge is -2.30. The number of ether oxygens (including phenoxy) is 1. The maximum absolute atomic E-state index is 12.6. The number of carbonyl (C=O) groups excluding carboxylic acids is 1. The third-order valence-electron chi connectivity index (χ3n) is 4.40. The molecule has 0 radical (unpaired) electrons. The van der Waals surface area contributed by atoms with Gasteiger partial charge in [0.05, 0.1) is 5.92 Å². The minimum Gasteiger partial charge on any atom is -0.369 e. The fourth-order valence-corrected chi connectivity index (χ4v) is 3.14. The largest absolute Gasteiger partial charge is 0.369 e. The number of imidazole rings is 1. The van der Waals surface area contributed by atoms with E-state index < -0.39 is 0 Å². The Kier molecular flexibility index (Phi) is 5.25. The van der Waals surface area contributed by atoms with Crippen molar-refractivity contribution in [3.05, 3.63) is 47.8 Å². The molecule has 1 fully saturated rings. The molecule has 2 aromatic rings. The van der Waals surface area contributed by atoms with E-state index in [2.05, 4.69) is 15.3 Å². The molecule has 0 aromatic carbocycles. The normalized spacial score (nSPS) is 20.8. The molecule has 1 amide bonds. The Morgan fingerprint density at radius 1 is 1.46 bits per heavy atom. The maximum Gasteiger partial charge on any atom is 0.226 e. The monoisotopic (exact) mass is 328 g/mol. The number of aromatic nitrogens is 3. The average molecular weight is 328 g/mol. The van der Waals surface area contributed by atoms with Gasteiger partial charge >= 0.3 is 0 Å². The van der Waals surface area contributed by atoms with Gasteiger partial charge in [-0.3, -0.25) is 9.78 Å². The third-order valence-corrected chi connectivity index (χ3v) is 4.40. The van der Waals surface area contributed by atoms with Gasteiger partial charge in [-0.15, -0.1) is 0 Å². The lowest BCUT2D eigenvalue weighted by Crippen LogP contribution is -2.39. The predicted octanol–water partition coefficient (Wildman–Crippen LogP) is 1.95. The Morgan fingerprint density at radius 2 is 2.33 bits per heavy atom. The number of amides is 1. The molecule has 1 aliphatic rings. The number of carbonyl (C=O) groups is 1. The first-order valence-electron chi connectivity index (χ1n) is 8.44. The Morgan fingerprint density at radius 3 is 3.08 bits per heavy atom. The smallest absolute Gasteiger partial charge is 0.226 e. The van der Waals surface area contributed by atoms with Crippen molar-refractivity contribution in [2.45, 2.75) is 32.3 Å². The van der Waals surface area contributed by atoms with Crippen LogP contribution in [0.4, 0.5) is 0 Å². The van der Waals surface area contributed by atoms with Crippen LogP contribution in [0.15, 0.2) is 30.6 Å². The van der Waals surface area contributed by atoms with Crippen molar-refractivity contribution < 1.29 is 9.53 Å². The zero-order valence-electron chi connectivity index (χ0n) is 14.2. The number of nitrogens with one attached hydrogen (secondary N) is 1. The molecule has 6 heteroatoms. The van der Waals surface area contributed by atoms with E-state index in [4.69, 9.17) is 4.74 Å². The summed E-state index contributed by atoms with van der Waals surface area (Å²) < 4.78 is 7.78. The maximum atomic E-state index is 12.6. The van der Waals surface area contributed by atoms with E-state index >= 15 is 0 Å². The van der Waals surface area contributed by atoms with Gasteiger partial charge in [-0.2, -0.15) is 0 Å². The number of hydrogen-bond donors (Lipinski definition) is 1. The molecule has 128 valence electrons. The molecule has 1 aliphatic heterocycles. The number of rotatable bonds is 5. The number of nitrogens with zero attached hydrogens (tertiary/aromatic N) is 3. The third kappa shape index (κ3) is 3.82. The SMILES string of the molecule is Cc1cccc(CCNC(=O)[C@@H]2CCCO[C@H]2c2nccn2C)n1. The molecule has 0 unspecified atom stereocenters. The van der Waals surface area contributed by atoms with Crippen molar-refractivity contribution in [3.8, 4) is 0 Å². The van der Waals surface area contributed by atoms with Crippen molar-refractivity contribution in [1.82, 2.24) is 19.9 Å². The first-order valence-corrected chi connectivity index (χ1v) is 8.44. The van der Waals surface area contributed by atoms with Crippen LogP contribution in [0.3, 0.4) is 0 Å². The van der Waals surface area contributed by atoms with Crippen molar-refractivity contribution in [1.29, 1.82) is 0 Å². The zero-order valence-corrected chi connectivity index (χ0v) is 14.2. The summed E-state index contributed by atoms with van der Waals surface area (Å²) in [4.78, 5) is 21.4. The highest BCUT2D eigenvalue weighted by Crippen LogP contribution is 2.32. The molecular formula is C18H24N4O2. The lowest BCUT2D eigenvalue weighted by molar-refractivity contribution is -0.135. The van der Waals surface area contributed by atoms with Crippen molar-refractivity contribution in [2.75, 3.05) is 13.2 Å². The van der Waals surface area contributed by atoms with E-state index in [0.29, 0.717) is 13.2 Å². The second-order valence-corrected chi connectivity index (χ2v) is 6.25. The van der Waals surface area contributed by atoms with E-state index in [9.17, 15) is 4.79 Å². The fraction of sp³-hybridized carbons (Fsp3) is 0.500. The summed E-state index contributed by atoms with van der Waals surface area (Å²) in [6.07, 6.45) is 5.81. The van der Waals surface area contributed by atoms with E-state index in [-0.39, 0.29) is 17.9 Å². The molecular weight excluding hydrogens is 304 g/mol. The molecule has 24 heavy (non-hydrogen) atoms. The summed E-state index contributed by atoms with van der Waals surface area (Å²) in [6.45, 7) is 3.23. The van der Waals surface area contributed by atoms with Crippen LogP contribution in [0.2, 0.25) is 0 Å². The van der Waals surface area contributed by atoms with E-state index in [1.807, 2.05) is 42.9 Å². The van der Waals surface area contributed by atoms with Gasteiger partial charge in [0, 0.05) is 50.4 Å². The van der Waals surface area contributed by atoms with Gasteiger partial charge in [0.2, 0.25) is 5.91 Å². The van der Waals surface area contributed by atoms with Gasteiger partial charge in [0.15, 0.2) is 0 Å². The molecule has 0 saturated carbocycles. The Balaban J connectivity index is 1.59. The van der Waals surface area contributed by atoms with E-state index in [1.54, 1.807) is 6.20 Å². The Hall–Kier alpha value is -2.21. The quantitative estimate of drug-likeness (QED) is 0.911. The molecule has 0 bridgehead atoms. The van der Waals surface area contributed by atoms with Crippen molar-refractivity contribution in [3.63, 3.8) is 0 Å². The summed E-state index contributed by atoms with van der Waals surface area (Å²) in [6, 6.07) is 5.95. The average Bonchev–Trinajstić information content (AvgIpc) is 3.01. The van der Waals surface area contributed by atoms with Crippen LogP contribution in [0.5, 0.6) is 0 Å². The summed E-state index contributed by atoms with van der Waals surface area (Å²) in [5, 5.41) is 3.04. The first kappa shape index (κ1) is 16.6. The summed E-state index contributed by atoms with van der Waals surface area (Å²) in [7, 11) is 1.93. The van der Waals surface area contributed by atoms with Crippen LogP contribution in [0, 0.1) is 12.8 Å². The number of hydrogen-bond acceptors (Lipinski definition) is 4. The van der Waals surface area contributed by atoms with Gasteiger partial charge in [0.25, 0.3) is 0 Å². The molecule has 0 spiro atoms. The van der Waals surface area contributed by atoms with Crippen LogP contribution in [-0.4, -0.2) is 33.6 Å². The molecule has 6 nitrogen and oxygen atoms in total. The first-order chi connectivity index (χ1) is 11.6. The zero-order chi connectivity index (χ0) is 16.9. The van der Waals surface area contributed by atoms with Gasteiger partial charge in [0.1, 0.15) is 11.9 Å². The minimum atomic E-state index is -0.268. The highest BCUT2D eigenvalue weighted by Gasteiger charge is 2.35. The minimum absolute atomic E-state index is 0.0374. The van der Waals surface area contributed by atoms with Gasteiger partial charge in [-0.25, -0.2) is 4.98 Å². The van der Waals surface area contributed by atoms with Crippen LogP contribution in [0.25, 0.3) is 0 Å². The summed E-state index contributed by atoms with van der Waals surface area (Å²) in [5.41, 5.74) is 1.99. The topological polar surface area (TPSA) is 69.0 Å².